The number of aromatic nitrogens is 2. The second-order valence-electron chi connectivity index (χ2n) is 5.92. The molecule has 2 rings (SSSR count). The van der Waals surface area contributed by atoms with E-state index in [2.05, 4.69) is 10.1 Å². The second-order valence-corrected chi connectivity index (χ2v) is 5.92. The lowest BCUT2D eigenvalue weighted by Gasteiger charge is -2.27. The molecule has 21 heavy (non-hydrogen) atoms. The van der Waals surface area contributed by atoms with E-state index in [1.807, 2.05) is 6.92 Å². The molecule has 1 heterocycles. The summed E-state index contributed by atoms with van der Waals surface area (Å²) in [6, 6.07) is 0. The van der Waals surface area contributed by atoms with Crippen molar-refractivity contribution in [3.8, 4) is 0 Å². The first-order valence-electron chi connectivity index (χ1n) is 8.49. The highest BCUT2D eigenvalue weighted by atomic mass is 16.5. The number of hydrogen-bond acceptors (Lipinski definition) is 5. The Morgan fingerprint density at radius 2 is 2.05 bits per heavy atom. The summed E-state index contributed by atoms with van der Waals surface area (Å²) in [5, 5.41) is 4.17. The van der Waals surface area contributed by atoms with Gasteiger partial charge in [-0.15, -0.1) is 0 Å². The van der Waals surface area contributed by atoms with E-state index in [1.165, 1.54) is 32.1 Å². The molecule has 0 bridgehead atoms. The molecule has 0 radical (unpaired) electrons. The van der Waals surface area contributed by atoms with Gasteiger partial charge in [-0.25, -0.2) is 0 Å². The molecule has 0 aromatic carbocycles. The second kappa shape index (κ2) is 9.15. The maximum atomic E-state index is 5.92. The van der Waals surface area contributed by atoms with Crippen LogP contribution in [0.15, 0.2) is 4.52 Å². The predicted octanol–water partition coefficient (Wildman–Crippen LogP) is 3.40. The van der Waals surface area contributed by atoms with Crippen molar-refractivity contribution in [1.29, 1.82) is 0 Å². The average molecular weight is 295 g/mol. The van der Waals surface area contributed by atoms with Gasteiger partial charge in [0, 0.05) is 13.0 Å². The lowest BCUT2D eigenvalue weighted by atomic mass is 9.85. The molecule has 0 saturated heterocycles. The Morgan fingerprint density at radius 3 is 2.76 bits per heavy atom. The van der Waals surface area contributed by atoms with Crippen LogP contribution in [-0.4, -0.2) is 23.3 Å². The third-order valence-corrected chi connectivity index (χ3v) is 4.26. The largest absolute Gasteiger partial charge is 0.370 e. The summed E-state index contributed by atoms with van der Waals surface area (Å²) in [5.41, 5.74) is 5.50. The maximum Gasteiger partial charge on any atom is 0.226 e. The zero-order valence-corrected chi connectivity index (χ0v) is 13.2. The van der Waals surface area contributed by atoms with Crippen LogP contribution in [0, 0.1) is 5.92 Å². The van der Waals surface area contributed by atoms with Gasteiger partial charge in [0.25, 0.3) is 0 Å². The SMILES string of the molecule is CCOC(c1noc(CCCCCN)n1)C1CCCCC1. The first-order chi connectivity index (χ1) is 10.3. The zero-order chi connectivity index (χ0) is 14.9. The summed E-state index contributed by atoms with van der Waals surface area (Å²) < 4.78 is 11.3. The third-order valence-electron chi connectivity index (χ3n) is 4.26. The molecule has 1 saturated carbocycles. The first-order valence-corrected chi connectivity index (χ1v) is 8.49. The quantitative estimate of drug-likeness (QED) is 0.707. The molecule has 1 fully saturated rings. The van der Waals surface area contributed by atoms with E-state index in [4.69, 9.17) is 15.0 Å². The molecule has 2 N–H and O–H groups in total. The molecule has 0 aliphatic heterocycles. The fourth-order valence-corrected chi connectivity index (χ4v) is 3.12. The van der Waals surface area contributed by atoms with Crippen molar-refractivity contribution in [2.24, 2.45) is 11.7 Å². The van der Waals surface area contributed by atoms with Gasteiger partial charge >= 0.3 is 0 Å². The Balaban J connectivity index is 1.91. The van der Waals surface area contributed by atoms with Crippen LogP contribution in [0.4, 0.5) is 0 Å². The van der Waals surface area contributed by atoms with Crippen molar-refractivity contribution in [2.75, 3.05) is 13.2 Å². The third kappa shape index (κ3) is 5.08. The van der Waals surface area contributed by atoms with Gasteiger partial charge in [-0.3, -0.25) is 0 Å². The topological polar surface area (TPSA) is 74.2 Å². The van der Waals surface area contributed by atoms with Crippen molar-refractivity contribution < 1.29 is 9.26 Å². The van der Waals surface area contributed by atoms with Crippen molar-refractivity contribution in [3.63, 3.8) is 0 Å². The van der Waals surface area contributed by atoms with Gasteiger partial charge in [0.2, 0.25) is 11.7 Å². The van der Waals surface area contributed by atoms with Gasteiger partial charge < -0.3 is 15.0 Å². The van der Waals surface area contributed by atoms with Crippen LogP contribution in [0.3, 0.4) is 0 Å². The summed E-state index contributed by atoms with van der Waals surface area (Å²) in [6.07, 6.45) is 10.4. The Kier molecular flexibility index (Phi) is 7.16. The Bertz CT molecular complexity index is 389. The van der Waals surface area contributed by atoms with Gasteiger partial charge in [0.1, 0.15) is 6.10 Å². The number of unbranched alkanes of at least 4 members (excludes halogenated alkanes) is 2. The van der Waals surface area contributed by atoms with Crippen molar-refractivity contribution in [3.05, 3.63) is 11.7 Å². The van der Waals surface area contributed by atoms with Crippen molar-refractivity contribution in [2.45, 2.75) is 70.8 Å². The lowest BCUT2D eigenvalue weighted by molar-refractivity contribution is -0.00145. The molecule has 1 atom stereocenters. The molecule has 5 nitrogen and oxygen atoms in total. The van der Waals surface area contributed by atoms with E-state index in [-0.39, 0.29) is 6.10 Å². The fourth-order valence-electron chi connectivity index (χ4n) is 3.12. The van der Waals surface area contributed by atoms with Crippen LogP contribution in [-0.2, 0) is 11.2 Å². The Labute approximate surface area is 127 Å². The smallest absolute Gasteiger partial charge is 0.226 e. The van der Waals surface area contributed by atoms with E-state index >= 15 is 0 Å². The number of nitrogens with zero attached hydrogens (tertiary/aromatic N) is 2. The van der Waals surface area contributed by atoms with Gasteiger partial charge in [-0.2, -0.15) is 4.98 Å². The summed E-state index contributed by atoms with van der Waals surface area (Å²) in [4.78, 5) is 4.57. The van der Waals surface area contributed by atoms with E-state index in [9.17, 15) is 0 Å². The minimum atomic E-state index is 0.0110. The standard InChI is InChI=1S/C16H29N3O2/c1-2-20-15(13-9-5-3-6-10-13)16-18-14(21-19-16)11-7-4-8-12-17/h13,15H,2-12,17H2,1H3. The van der Waals surface area contributed by atoms with E-state index in [0.717, 1.165) is 43.9 Å². The monoisotopic (exact) mass is 295 g/mol. The molecule has 1 aliphatic carbocycles. The molecular formula is C16H29N3O2. The summed E-state index contributed by atoms with van der Waals surface area (Å²) in [7, 11) is 0. The van der Waals surface area contributed by atoms with Crippen LogP contribution >= 0.6 is 0 Å². The maximum absolute atomic E-state index is 5.92. The number of ether oxygens (including phenoxy) is 1. The number of nitrogens with two attached hydrogens (primary N) is 1. The van der Waals surface area contributed by atoms with E-state index < -0.39 is 0 Å². The van der Waals surface area contributed by atoms with Crippen molar-refractivity contribution in [1.82, 2.24) is 10.1 Å². The van der Waals surface area contributed by atoms with Gasteiger partial charge in [-0.05, 0) is 45.1 Å². The fraction of sp³-hybridized carbons (Fsp3) is 0.875. The summed E-state index contributed by atoms with van der Waals surface area (Å²) >= 11 is 0. The number of aryl methyl sites for hydroxylation is 1. The minimum absolute atomic E-state index is 0.0110. The van der Waals surface area contributed by atoms with Crippen LogP contribution in [0.1, 0.15) is 76.1 Å². The molecule has 1 aromatic rings. The van der Waals surface area contributed by atoms with Crippen LogP contribution in [0.25, 0.3) is 0 Å². The van der Waals surface area contributed by atoms with Crippen LogP contribution < -0.4 is 5.73 Å². The van der Waals surface area contributed by atoms with Gasteiger partial charge in [0.05, 0.1) is 0 Å². The Hall–Kier alpha value is -0.940. The highest BCUT2D eigenvalue weighted by Crippen LogP contribution is 2.35. The molecule has 1 aromatic heterocycles. The summed E-state index contributed by atoms with van der Waals surface area (Å²) in [6.45, 7) is 3.48. The normalized spacial score (nSPS) is 18.0. The van der Waals surface area contributed by atoms with Crippen molar-refractivity contribution >= 4 is 0 Å². The molecule has 1 aliphatic rings. The molecular weight excluding hydrogens is 266 g/mol. The predicted molar refractivity (Wildman–Crippen MR) is 81.8 cm³/mol. The van der Waals surface area contributed by atoms with E-state index in [0.29, 0.717) is 12.5 Å². The highest BCUT2D eigenvalue weighted by Gasteiger charge is 2.29. The molecule has 1 unspecified atom stereocenters. The summed E-state index contributed by atoms with van der Waals surface area (Å²) in [5.74, 6) is 2.03. The average Bonchev–Trinajstić information content (AvgIpc) is 2.98. The van der Waals surface area contributed by atoms with E-state index in [1.54, 1.807) is 0 Å². The Morgan fingerprint density at radius 1 is 1.24 bits per heavy atom. The molecule has 5 heteroatoms. The minimum Gasteiger partial charge on any atom is -0.370 e. The lowest BCUT2D eigenvalue weighted by Crippen LogP contribution is -2.20. The van der Waals surface area contributed by atoms with Crippen LogP contribution in [0.5, 0.6) is 0 Å². The first kappa shape index (κ1) is 16.4. The van der Waals surface area contributed by atoms with Gasteiger partial charge in [0.15, 0.2) is 0 Å². The number of hydrogen-bond donors (Lipinski definition) is 1. The molecule has 0 amide bonds. The molecule has 120 valence electrons. The number of rotatable bonds is 9. The zero-order valence-electron chi connectivity index (χ0n) is 13.2. The highest BCUT2D eigenvalue weighted by molar-refractivity contribution is 4.95. The molecule has 0 spiro atoms. The van der Waals surface area contributed by atoms with Crippen LogP contribution in [0.2, 0.25) is 0 Å². The van der Waals surface area contributed by atoms with Gasteiger partial charge in [-0.1, -0.05) is 30.8 Å².